The molecule has 1 aliphatic rings. The van der Waals surface area contributed by atoms with Gasteiger partial charge in [0, 0.05) is 12.6 Å². The van der Waals surface area contributed by atoms with Crippen molar-refractivity contribution in [3.05, 3.63) is 0 Å². The Bertz CT molecular complexity index is 234. The van der Waals surface area contributed by atoms with Crippen LogP contribution in [0.25, 0.3) is 0 Å². The van der Waals surface area contributed by atoms with Gasteiger partial charge in [-0.3, -0.25) is 0 Å². The van der Waals surface area contributed by atoms with E-state index in [0.29, 0.717) is 6.04 Å². The maximum absolute atomic E-state index is 9.00. The fourth-order valence-electron chi connectivity index (χ4n) is 2.22. The minimum Gasteiger partial charge on any atom is -0.306 e. The summed E-state index contributed by atoms with van der Waals surface area (Å²) in [5.41, 5.74) is -0.224. The zero-order valence-electron chi connectivity index (χ0n) is 10.5. The van der Waals surface area contributed by atoms with E-state index in [2.05, 4.69) is 30.0 Å². The van der Waals surface area contributed by atoms with Crippen LogP contribution >= 0.6 is 0 Å². The quantitative estimate of drug-likeness (QED) is 0.706. The number of nitriles is 1. The molecule has 0 saturated carbocycles. The SMILES string of the molecule is CN1CCC(N(C)CC(C)(C)C#N)CC1. The van der Waals surface area contributed by atoms with E-state index in [1.54, 1.807) is 0 Å². The molecule has 1 fully saturated rings. The Morgan fingerprint density at radius 1 is 1.40 bits per heavy atom. The van der Waals surface area contributed by atoms with Crippen LogP contribution in [0.1, 0.15) is 26.7 Å². The summed E-state index contributed by atoms with van der Waals surface area (Å²) in [4.78, 5) is 4.73. The number of piperidine rings is 1. The molecule has 0 N–H and O–H groups in total. The molecule has 0 aromatic carbocycles. The molecular weight excluding hydrogens is 186 g/mol. The Kier molecular flexibility index (Phi) is 4.12. The summed E-state index contributed by atoms with van der Waals surface area (Å²) in [5, 5.41) is 9.00. The largest absolute Gasteiger partial charge is 0.306 e. The molecule has 0 aromatic heterocycles. The molecule has 15 heavy (non-hydrogen) atoms. The average Bonchev–Trinajstić information content (AvgIpc) is 2.18. The number of likely N-dealkylation sites (tertiary alicyclic amines) is 1. The standard InChI is InChI=1S/C12H23N3/c1-12(2,9-13)10-15(4)11-5-7-14(3)8-6-11/h11H,5-8,10H2,1-4H3. The van der Waals surface area contributed by atoms with Gasteiger partial charge in [0.2, 0.25) is 0 Å². The van der Waals surface area contributed by atoms with E-state index < -0.39 is 0 Å². The van der Waals surface area contributed by atoms with E-state index in [9.17, 15) is 0 Å². The molecule has 0 bridgehead atoms. The lowest BCUT2D eigenvalue weighted by molar-refractivity contribution is 0.122. The molecule has 3 nitrogen and oxygen atoms in total. The fourth-order valence-corrected chi connectivity index (χ4v) is 2.22. The van der Waals surface area contributed by atoms with Crippen molar-refractivity contribution in [3.63, 3.8) is 0 Å². The molecule has 0 amide bonds. The van der Waals surface area contributed by atoms with Gasteiger partial charge < -0.3 is 9.80 Å². The third-order valence-corrected chi connectivity index (χ3v) is 3.26. The molecule has 0 unspecified atom stereocenters. The lowest BCUT2D eigenvalue weighted by Crippen LogP contribution is -2.44. The normalized spacial score (nSPS) is 20.5. The van der Waals surface area contributed by atoms with Gasteiger partial charge in [-0.25, -0.2) is 0 Å². The maximum atomic E-state index is 9.00. The van der Waals surface area contributed by atoms with E-state index in [4.69, 9.17) is 5.26 Å². The Morgan fingerprint density at radius 3 is 2.40 bits per heavy atom. The highest BCUT2D eigenvalue weighted by Gasteiger charge is 2.25. The molecule has 0 aliphatic carbocycles. The van der Waals surface area contributed by atoms with Gasteiger partial charge in [0.25, 0.3) is 0 Å². The highest BCUT2D eigenvalue weighted by atomic mass is 15.2. The minimum atomic E-state index is -0.224. The van der Waals surface area contributed by atoms with E-state index in [-0.39, 0.29) is 5.41 Å². The highest BCUT2D eigenvalue weighted by molar-refractivity contribution is 4.94. The zero-order valence-corrected chi connectivity index (χ0v) is 10.5. The second-order valence-electron chi connectivity index (χ2n) is 5.45. The third kappa shape index (κ3) is 3.81. The van der Waals surface area contributed by atoms with Crippen LogP contribution in [-0.4, -0.2) is 49.6 Å². The highest BCUT2D eigenvalue weighted by Crippen LogP contribution is 2.20. The number of rotatable bonds is 3. The fraction of sp³-hybridized carbons (Fsp3) is 0.917. The van der Waals surface area contributed by atoms with Crippen molar-refractivity contribution in [2.24, 2.45) is 5.41 Å². The summed E-state index contributed by atoms with van der Waals surface area (Å²) < 4.78 is 0. The predicted molar refractivity (Wildman–Crippen MR) is 62.5 cm³/mol. The van der Waals surface area contributed by atoms with Gasteiger partial charge in [-0.05, 0) is 53.9 Å². The number of hydrogen-bond donors (Lipinski definition) is 0. The Morgan fingerprint density at radius 2 is 1.93 bits per heavy atom. The van der Waals surface area contributed by atoms with E-state index in [0.717, 1.165) is 6.54 Å². The Hall–Kier alpha value is -0.590. The topological polar surface area (TPSA) is 30.3 Å². The molecule has 0 radical (unpaired) electrons. The first kappa shape index (κ1) is 12.5. The summed E-state index contributed by atoms with van der Waals surface area (Å²) in [5.74, 6) is 0. The van der Waals surface area contributed by atoms with Crippen molar-refractivity contribution in [1.82, 2.24) is 9.80 Å². The van der Waals surface area contributed by atoms with Crippen LogP contribution in [-0.2, 0) is 0 Å². The molecular formula is C12H23N3. The van der Waals surface area contributed by atoms with Crippen LogP contribution in [0, 0.1) is 16.7 Å². The van der Waals surface area contributed by atoms with Crippen molar-refractivity contribution < 1.29 is 0 Å². The van der Waals surface area contributed by atoms with Crippen molar-refractivity contribution in [2.45, 2.75) is 32.7 Å². The van der Waals surface area contributed by atoms with Crippen molar-refractivity contribution in [3.8, 4) is 6.07 Å². The zero-order chi connectivity index (χ0) is 11.5. The second-order valence-corrected chi connectivity index (χ2v) is 5.45. The molecule has 0 atom stereocenters. The van der Waals surface area contributed by atoms with Crippen LogP contribution < -0.4 is 0 Å². The maximum Gasteiger partial charge on any atom is 0.0697 e. The van der Waals surface area contributed by atoms with Gasteiger partial charge in [-0.1, -0.05) is 0 Å². The third-order valence-electron chi connectivity index (χ3n) is 3.26. The van der Waals surface area contributed by atoms with Crippen molar-refractivity contribution >= 4 is 0 Å². The number of hydrogen-bond acceptors (Lipinski definition) is 3. The van der Waals surface area contributed by atoms with Gasteiger partial charge in [0.1, 0.15) is 0 Å². The average molecular weight is 209 g/mol. The van der Waals surface area contributed by atoms with Crippen molar-refractivity contribution in [1.29, 1.82) is 5.26 Å². The van der Waals surface area contributed by atoms with Crippen LogP contribution in [0.2, 0.25) is 0 Å². The van der Waals surface area contributed by atoms with Crippen LogP contribution in [0.5, 0.6) is 0 Å². The van der Waals surface area contributed by atoms with Crippen LogP contribution in [0.15, 0.2) is 0 Å². The molecule has 1 rings (SSSR count). The van der Waals surface area contributed by atoms with Crippen molar-refractivity contribution in [2.75, 3.05) is 33.7 Å². The first-order valence-corrected chi connectivity index (χ1v) is 5.74. The Labute approximate surface area is 93.7 Å². The smallest absolute Gasteiger partial charge is 0.0697 e. The summed E-state index contributed by atoms with van der Waals surface area (Å²) >= 11 is 0. The lowest BCUT2D eigenvalue weighted by Gasteiger charge is -2.37. The lowest BCUT2D eigenvalue weighted by atomic mass is 9.93. The molecule has 1 aliphatic heterocycles. The van der Waals surface area contributed by atoms with Gasteiger partial charge in [0.05, 0.1) is 11.5 Å². The molecule has 0 spiro atoms. The van der Waals surface area contributed by atoms with Gasteiger partial charge in [-0.15, -0.1) is 0 Å². The molecule has 3 heteroatoms. The molecule has 86 valence electrons. The van der Waals surface area contributed by atoms with E-state index in [1.807, 2.05) is 13.8 Å². The van der Waals surface area contributed by atoms with Gasteiger partial charge >= 0.3 is 0 Å². The summed E-state index contributed by atoms with van der Waals surface area (Å²) in [7, 11) is 4.32. The second kappa shape index (κ2) is 4.96. The summed E-state index contributed by atoms with van der Waals surface area (Å²) in [6, 6.07) is 3.03. The summed E-state index contributed by atoms with van der Waals surface area (Å²) in [6.07, 6.45) is 2.46. The van der Waals surface area contributed by atoms with Crippen LogP contribution in [0.4, 0.5) is 0 Å². The molecule has 0 aromatic rings. The summed E-state index contributed by atoms with van der Waals surface area (Å²) in [6.45, 7) is 7.26. The van der Waals surface area contributed by atoms with E-state index in [1.165, 1.54) is 25.9 Å². The van der Waals surface area contributed by atoms with Crippen LogP contribution in [0.3, 0.4) is 0 Å². The first-order valence-electron chi connectivity index (χ1n) is 5.74. The molecule has 1 saturated heterocycles. The monoisotopic (exact) mass is 209 g/mol. The first-order chi connectivity index (χ1) is 6.94. The Balaban J connectivity index is 2.41. The number of nitrogens with zero attached hydrogens (tertiary/aromatic N) is 3. The van der Waals surface area contributed by atoms with Gasteiger partial charge in [-0.2, -0.15) is 5.26 Å². The van der Waals surface area contributed by atoms with Gasteiger partial charge in [0.15, 0.2) is 0 Å². The predicted octanol–water partition coefficient (Wildman–Crippen LogP) is 1.56. The minimum absolute atomic E-state index is 0.224. The van der Waals surface area contributed by atoms with E-state index >= 15 is 0 Å². The molecule has 1 heterocycles.